The van der Waals surface area contributed by atoms with E-state index in [1.165, 1.54) is 18.2 Å². The van der Waals surface area contributed by atoms with E-state index >= 15 is 0 Å². The van der Waals surface area contributed by atoms with Gasteiger partial charge in [-0.1, -0.05) is 11.6 Å². The van der Waals surface area contributed by atoms with Crippen molar-refractivity contribution in [3.05, 3.63) is 58.6 Å². The molecule has 0 saturated heterocycles. The van der Waals surface area contributed by atoms with Gasteiger partial charge in [0, 0.05) is 16.9 Å². The van der Waals surface area contributed by atoms with E-state index in [-0.39, 0.29) is 22.0 Å². The van der Waals surface area contributed by atoms with Gasteiger partial charge in [0.2, 0.25) is 0 Å². The number of nitrogens with one attached hydrogen (secondary N) is 1. The highest BCUT2D eigenvalue weighted by Gasteiger charge is 2.10. The Morgan fingerprint density at radius 3 is 2.55 bits per heavy atom. The Kier molecular flexibility index (Phi) is 3.95. The van der Waals surface area contributed by atoms with Gasteiger partial charge >= 0.3 is 5.97 Å². The molecule has 0 aliphatic heterocycles. The second kappa shape index (κ2) is 5.66. The molecular formula is C13H8ClFN2O3. The van der Waals surface area contributed by atoms with Crippen LogP contribution in [0.3, 0.4) is 0 Å². The van der Waals surface area contributed by atoms with E-state index in [1.54, 1.807) is 0 Å². The molecule has 1 amide bonds. The summed E-state index contributed by atoms with van der Waals surface area (Å²) in [7, 11) is 0. The molecule has 0 fully saturated rings. The van der Waals surface area contributed by atoms with Crippen LogP contribution in [0.2, 0.25) is 5.02 Å². The number of aromatic nitrogens is 1. The number of carbonyl (C=O) groups excluding carboxylic acids is 1. The predicted octanol–water partition coefficient (Wildman–Crippen LogP) is 2.82. The van der Waals surface area contributed by atoms with Crippen LogP contribution in [-0.4, -0.2) is 22.0 Å². The summed E-state index contributed by atoms with van der Waals surface area (Å²) >= 11 is 5.67. The summed E-state index contributed by atoms with van der Waals surface area (Å²) in [4.78, 5) is 26.1. The van der Waals surface area contributed by atoms with Gasteiger partial charge in [-0.05, 0) is 30.3 Å². The van der Waals surface area contributed by atoms with E-state index in [9.17, 15) is 14.0 Å². The fourth-order valence-corrected chi connectivity index (χ4v) is 1.71. The van der Waals surface area contributed by atoms with Crippen molar-refractivity contribution >= 4 is 29.2 Å². The maximum absolute atomic E-state index is 13.1. The second-order valence-electron chi connectivity index (χ2n) is 3.85. The van der Waals surface area contributed by atoms with E-state index in [4.69, 9.17) is 16.7 Å². The summed E-state index contributed by atoms with van der Waals surface area (Å²) in [6, 6.07) is 6.13. The molecule has 0 spiro atoms. The zero-order chi connectivity index (χ0) is 14.7. The lowest BCUT2D eigenvalue weighted by Crippen LogP contribution is -2.13. The fourth-order valence-electron chi connectivity index (χ4n) is 1.48. The SMILES string of the molecule is O=C(Nc1cc(F)cc(Cl)c1)c1ccc(C(=O)O)nc1. The van der Waals surface area contributed by atoms with Crippen LogP contribution in [0.4, 0.5) is 10.1 Å². The number of hydrogen-bond donors (Lipinski definition) is 2. The quantitative estimate of drug-likeness (QED) is 0.912. The molecular weight excluding hydrogens is 287 g/mol. The number of rotatable bonds is 3. The molecule has 2 aromatic rings. The summed E-state index contributed by atoms with van der Waals surface area (Å²) in [6.45, 7) is 0. The van der Waals surface area contributed by atoms with E-state index in [0.717, 1.165) is 18.3 Å². The summed E-state index contributed by atoms with van der Waals surface area (Å²) in [5.41, 5.74) is 0.174. The van der Waals surface area contributed by atoms with Crippen LogP contribution in [-0.2, 0) is 0 Å². The topological polar surface area (TPSA) is 79.3 Å². The van der Waals surface area contributed by atoms with Crippen LogP contribution in [0.15, 0.2) is 36.5 Å². The number of carboxylic acid groups (broad SMARTS) is 1. The van der Waals surface area contributed by atoms with Crippen LogP contribution in [0.25, 0.3) is 0 Å². The molecule has 1 aromatic heterocycles. The Bertz CT molecular complexity index is 654. The molecule has 0 unspecified atom stereocenters. The van der Waals surface area contributed by atoms with Crippen LogP contribution in [0, 0.1) is 5.82 Å². The number of pyridine rings is 1. The van der Waals surface area contributed by atoms with Crippen molar-refractivity contribution in [2.24, 2.45) is 0 Å². The molecule has 0 aliphatic carbocycles. The van der Waals surface area contributed by atoms with Crippen molar-refractivity contribution in [3.8, 4) is 0 Å². The Hall–Kier alpha value is -2.47. The molecule has 0 saturated carbocycles. The molecule has 2 rings (SSSR count). The molecule has 102 valence electrons. The molecule has 1 heterocycles. The predicted molar refractivity (Wildman–Crippen MR) is 70.6 cm³/mol. The Morgan fingerprint density at radius 2 is 2.00 bits per heavy atom. The van der Waals surface area contributed by atoms with Crippen LogP contribution in [0.1, 0.15) is 20.8 Å². The van der Waals surface area contributed by atoms with Crippen molar-refractivity contribution in [1.82, 2.24) is 4.98 Å². The lowest BCUT2D eigenvalue weighted by molar-refractivity contribution is 0.0690. The lowest BCUT2D eigenvalue weighted by atomic mass is 10.2. The molecule has 7 heteroatoms. The number of carbonyl (C=O) groups is 2. The summed E-state index contributed by atoms with van der Waals surface area (Å²) < 4.78 is 13.1. The first-order valence-electron chi connectivity index (χ1n) is 5.42. The maximum atomic E-state index is 13.1. The van der Waals surface area contributed by atoms with Gasteiger partial charge < -0.3 is 10.4 Å². The first kappa shape index (κ1) is 14.0. The Labute approximate surface area is 118 Å². The lowest BCUT2D eigenvalue weighted by Gasteiger charge is -2.06. The van der Waals surface area contributed by atoms with Gasteiger partial charge in [0.05, 0.1) is 5.56 Å². The third kappa shape index (κ3) is 3.30. The molecule has 0 bridgehead atoms. The number of amides is 1. The minimum Gasteiger partial charge on any atom is -0.477 e. The zero-order valence-electron chi connectivity index (χ0n) is 9.93. The van der Waals surface area contributed by atoms with Crippen LogP contribution >= 0.6 is 11.6 Å². The Balaban J connectivity index is 2.17. The number of nitrogens with zero attached hydrogens (tertiary/aromatic N) is 1. The number of halogens is 2. The van der Waals surface area contributed by atoms with Crippen molar-refractivity contribution < 1.29 is 19.1 Å². The minimum atomic E-state index is -1.19. The van der Waals surface area contributed by atoms with Gasteiger partial charge in [-0.3, -0.25) is 4.79 Å². The first-order valence-corrected chi connectivity index (χ1v) is 5.80. The van der Waals surface area contributed by atoms with Gasteiger partial charge in [-0.2, -0.15) is 0 Å². The van der Waals surface area contributed by atoms with E-state index in [1.807, 2.05) is 0 Å². The van der Waals surface area contributed by atoms with Crippen molar-refractivity contribution in [3.63, 3.8) is 0 Å². The van der Waals surface area contributed by atoms with Gasteiger partial charge in [-0.25, -0.2) is 14.2 Å². The molecule has 5 nitrogen and oxygen atoms in total. The molecule has 0 radical (unpaired) electrons. The molecule has 1 aromatic carbocycles. The average Bonchev–Trinajstić information content (AvgIpc) is 2.37. The third-order valence-electron chi connectivity index (χ3n) is 2.37. The fraction of sp³-hybridized carbons (Fsp3) is 0. The van der Waals surface area contributed by atoms with E-state index < -0.39 is 17.7 Å². The van der Waals surface area contributed by atoms with Gasteiger partial charge in [0.25, 0.3) is 5.91 Å². The normalized spacial score (nSPS) is 10.1. The standard InChI is InChI=1S/C13H8ClFN2O3/c14-8-3-9(15)5-10(4-8)17-12(18)7-1-2-11(13(19)20)16-6-7/h1-6H,(H,17,18)(H,19,20). The van der Waals surface area contributed by atoms with Gasteiger partial charge in [0.1, 0.15) is 11.5 Å². The number of hydrogen-bond acceptors (Lipinski definition) is 3. The van der Waals surface area contributed by atoms with Crippen molar-refractivity contribution in [2.45, 2.75) is 0 Å². The van der Waals surface area contributed by atoms with Gasteiger partial charge in [0.15, 0.2) is 0 Å². The van der Waals surface area contributed by atoms with Crippen LogP contribution in [0.5, 0.6) is 0 Å². The highest BCUT2D eigenvalue weighted by molar-refractivity contribution is 6.31. The largest absolute Gasteiger partial charge is 0.477 e. The van der Waals surface area contributed by atoms with E-state index in [2.05, 4.69) is 10.3 Å². The van der Waals surface area contributed by atoms with Crippen molar-refractivity contribution in [1.29, 1.82) is 0 Å². The molecule has 0 atom stereocenters. The maximum Gasteiger partial charge on any atom is 0.354 e. The first-order chi connectivity index (χ1) is 9.45. The third-order valence-corrected chi connectivity index (χ3v) is 2.58. The smallest absolute Gasteiger partial charge is 0.354 e. The molecule has 2 N–H and O–H groups in total. The van der Waals surface area contributed by atoms with E-state index in [0.29, 0.717) is 0 Å². The molecule has 0 aliphatic rings. The minimum absolute atomic E-state index is 0.149. The second-order valence-corrected chi connectivity index (χ2v) is 4.29. The van der Waals surface area contributed by atoms with Crippen molar-refractivity contribution in [2.75, 3.05) is 5.32 Å². The average molecular weight is 295 g/mol. The summed E-state index contributed by atoms with van der Waals surface area (Å²) in [5, 5.41) is 11.3. The number of benzene rings is 1. The highest BCUT2D eigenvalue weighted by atomic mass is 35.5. The zero-order valence-corrected chi connectivity index (χ0v) is 10.7. The number of aromatic carboxylic acids is 1. The summed E-state index contributed by atoms with van der Waals surface area (Å²) in [5.74, 6) is -2.31. The number of anilines is 1. The monoisotopic (exact) mass is 294 g/mol. The number of carboxylic acids is 1. The molecule has 20 heavy (non-hydrogen) atoms. The highest BCUT2D eigenvalue weighted by Crippen LogP contribution is 2.18. The van der Waals surface area contributed by atoms with Gasteiger partial charge in [-0.15, -0.1) is 0 Å². The Morgan fingerprint density at radius 1 is 1.25 bits per heavy atom. The summed E-state index contributed by atoms with van der Waals surface area (Å²) in [6.07, 6.45) is 1.12. The van der Waals surface area contributed by atoms with Crippen LogP contribution < -0.4 is 5.32 Å².